The molecule has 256 valence electrons. The number of hydrogen-bond donors (Lipinski definition) is 0. The van der Waals surface area contributed by atoms with Crippen molar-refractivity contribution in [3.8, 4) is 39.3 Å². The normalized spacial score (nSPS) is 12.1. The zero-order valence-electron chi connectivity index (χ0n) is 30.2. The summed E-state index contributed by atoms with van der Waals surface area (Å²) in [5.41, 5.74) is 14.9. The second-order valence-corrected chi connectivity index (χ2v) is 14.7. The van der Waals surface area contributed by atoms with Gasteiger partial charge >= 0.3 is 0 Å². The van der Waals surface area contributed by atoms with Crippen LogP contribution in [0.4, 0.5) is 0 Å². The van der Waals surface area contributed by atoms with Gasteiger partial charge in [-0.15, -0.1) is 0 Å². The first-order valence-corrected chi connectivity index (χ1v) is 18.5. The molecule has 0 aliphatic carbocycles. The lowest BCUT2D eigenvalue weighted by atomic mass is 9.92. The number of fused-ring (bicyclic) bond motifs is 7. The van der Waals surface area contributed by atoms with E-state index in [4.69, 9.17) is 13.8 Å². The van der Waals surface area contributed by atoms with Gasteiger partial charge in [0, 0.05) is 21.5 Å². The number of nitrogens with zero attached hydrogens (tertiary/aromatic N) is 2. The van der Waals surface area contributed by atoms with Gasteiger partial charge in [-0.2, -0.15) is 0 Å². The van der Waals surface area contributed by atoms with Gasteiger partial charge in [-0.05, 0) is 99.8 Å². The van der Waals surface area contributed by atoms with Crippen LogP contribution in [0.2, 0.25) is 0 Å². The van der Waals surface area contributed by atoms with Gasteiger partial charge in [-0.1, -0.05) is 119 Å². The van der Waals surface area contributed by atoms with E-state index in [9.17, 15) is 0 Å². The molecule has 53 heavy (non-hydrogen) atoms. The Labute approximate surface area is 307 Å². The third-order valence-corrected chi connectivity index (χ3v) is 10.8. The molecule has 3 aromatic heterocycles. The number of aromatic nitrogens is 2. The topological polar surface area (TPSA) is 44.1 Å². The first kappa shape index (κ1) is 31.4. The van der Waals surface area contributed by atoms with Gasteiger partial charge in [-0.3, -0.25) is 4.57 Å². The molecule has 0 aliphatic rings. The summed E-state index contributed by atoms with van der Waals surface area (Å²) in [7, 11) is 0. The number of benzene rings is 7. The Morgan fingerprint density at radius 1 is 0.472 bits per heavy atom. The second kappa shape index (κ2) is 12.1. The molecule has 0 bridgehead atoms. The van der Waals surface area contributed by atoms with Crippen LogP contribution in [0.25, 0.3) is 94.2 Å². The molecular weight excluding hydrogens is 649 g/mol. The first-order chi connectivity index (χ1) is 25.9. The van der Waals surface area contributed by atoms with Crippen molar-refractivity contribution >= 4 is 54.9 Å². The zero-order valence-corrected chi connectivity index (χ0v) is 30.2. The van der Waals surface area contributed by atoms with Crippen LogP contribution < -0.4 is 0 Å². The standard InChI is InChI=1S/C49H38N2O2/c1-29(2)35-14-10-15-36(30(3)4)47(35)51-43-19-9-8-18-42(43)50-49(51)40-17-11-16-39-37-23-21-34(28-46(37)53-48(39)40)32-22-25-44-41(26-32)38-24-20-33(27-45(38)52-44)31-12-6-5-7-13-31/h5-30H,1-4H3. The summed E-state index contributed by atoms with van der Waals surface area (Å²) in [6, 6.07) is 51.6. The Kier molecular flexibility index (Phi) is 7.16. The molecule has 0 atom stereocenters. The fourth-order valence-electron chi connectivity index (χ4n) is 8.12. The van der Waals surface area contributed by atoms with Crippen molar-refractivity contribution in [2.24, 2.45) is 0 Å². The number of imidazole rings is 1. The molecule has 10 rings (SSSR count). The van der Waals surface area contributed by atoms with Crippen molar-refractivity contribution in [3.63, 3.8) is 0 Å². The van der Waals surface area contributed by atoms with E-state index in [1.165, 1.54) is 22.4 Å². The minimum absolute atomic E-state index is 0.337. The van der Waals surface area contributed by atoms with Gasteiger partial charge in [0.25, 0.3) is 0 Å². The minimum Gasteiger partial charge on any atom is -0.456 e. The van der Waals surface area contributed by atoms with Gasteiger partial charge in [-0.25, -0.2) is 4.98 Å². The van der Waals surface area contributed by atoms with Gasteiger partial charge in [0.05, 0.1) is 22.3 Å². The molecule has 0 fully saturated rings. The highest BCUT2D eigenvalue weighted by Crippen LogP contribution is 2.42. The summed E-state index contributed by atoms with van der Waals surface area (Å²) in [5, 5.41) is 4.38. The molecule has 0 spiro atoms. The van der Waals surface area contributed by atoms with Crippen LogP contribution >= 0.6 is 0 Å². The smallest absolute Gasteiger partial charge is 0.149 e. The molecule has 0 radical (unpaired) electrons. The summed E-state index contributed by atoms with van der Waals surface area (Å²) in [5.74, 6) is 1.56. The van der Waals surface area contributed by atoms with Gasteiger partial charge in [0.1, 0.15) is 28.2 Å². The zero-order chi connectivity index (χ0) is 35.8. The maximum absolute atomic E-state index is 6.87. The van der Waals surface area contributed by atoms with E-state index in [2.05, 4.69) is 172 Å². The minimum atomic E-state index is 0.337. The van der Waals surface area contributed by atoms with Crippen molar-refractivity contribution in [3.05, 3.63) is 157 Å². The Hall–Kier alpha value is -6.39. The number of hydrogen-bond acceptors (Lipinski definition) is 3. The molecule has 0 unspecified atom stereocenters. The predicted molar refractivity (Wildman–Crippen MR) is 220 cm³/mol. The lowest BCUT2D eigenvalue weighted by Gasteiger charge is -2.22. The molecule has 0 aliphatic heterocycles. The van der Waals surface area contributed by atoms with Crippen LogP contribution in [0.5, 0.6) is 0 Å². The summed E-state index contributed by atoms with van der Waals surface area (Å²) < 4.78 is 15.6. The predicted octanol–water partition coefficient (Wildman–Crippen LogP) is 14.1. The lowest BCUT2D eigenvalue weighted by Crippen LogP contribution is -2.08. The van der Waals surface area contributed by atoms with Gasteiger partial charge in [0.2, 0.25) is 0 Å². The quantitative estimate of drug-likeness (QED) is 0.175. The monoisotopic (exact) mass is 686 g/mol. The van der Waals surface area contributed by atoms with E-state index in [1.807, 2.05) is 6.07 Å². The van der Waals surface area contributed by atoms with Crippen molar-refractivity contribution in [2.75, 3.05) is 0 Å². The molecule has 0 saturated heterocycles. The third kappa shape index (κ3) is 5.01. The number of para-hydroxylation sites is 4. The number of rotatable bonds is 6. The lowest BCUT2D eigenvalue weighted by molar-refractivity contribution is 0.669. The molecule has 10 aromatic rings. The molecule has 0 saturated carbocycles. The summed E-state index contributed by atoms with van der Waals surface area (Å²) in [6.45, 7) is 9.09. The Bertz CT molecular complexity index is 2990. The van der Waals surface area contributed by atoms with Crippen LogP contribution in [0.1, 0.15) is 50.7 Å². The molecule has 0 N–H and O–H groups in total. The Morgan fingerprint density at radius 3 is 1.85 bits per heavy atom. The second-order valence-electron chi connectivity index (χ2n) is 14.7. The SMILES string of the molecule is CC(C)c1cccc(C(C)C)c1-n1c(-c2cccc3c2oc2cc(-c4ccc5oc6cc(-c7ccccc7)ccc6c5c4)ccc23)nc2ccccc21. The molecule has 3 heterocycles. The van der Waals surface area contributed by atoms with Crippen molar-refractivity contribution in [1.82, 2.24) is 9.55 Å². The van der Waals surface area contributed by atoms with E-state index in [0.717, 1.165) is 83.0 Å². The fourth-order valence-corrected chi connectivity index (χ4v) is 8.12. The fraction of sp³-hybridized carbons (Fsp3) is 0.122. The van der Waals surface area contributed by atoms with Gasteiger partial charge in [0.15, 0.2) is 0 Å². The maximum atomic E-state index is 6.87. The highest BCUT2D eigenvalue weighted by Gasteiger charge is 2.24. The van der Waals surface area contributed by atoms with E-state index >= 15 is 0 Å². The van der Waals surface area contributed by atoms with E-state index in [-0.39, 0.29) is 0 Å². The van der Waals surface area contributed by atoms with Crippen LogP contribution in [-0.2, 0) is 0 Å². The maximum Gasteiger partial charge on any atom is 0.149 e. The van der Waals surface area contributed by atoms with Gasteiger partial charge < -0.3 is 8.83 Å². The Morgan fingerprint density at radius 2 is 1.09 bits per heavy atom. The third-order valence-electron chi connectivity index (χ3n) is 10.8. The van der Waals surface area contributed by atoms with E-state index in [0.29, 0.717) is 11.8 Å². The molecule has 4 heteroatoms. The van der Waals surface area contributed by atoms with Crippen LogP contribution in [0.15, 0.2) is 154 Å². The summed E-state index contributed by atoms with van der Waals surface area (Å²) >= 11 is 0. The Balaban J connectivity index is 1.12. The van der Waals surface area contributed by atoms with E-state index in [1.54, 1.807) is 0 Å². The molecule has 7 aromatic carbocycles. The van der Waals surface area contributed by atoms with Crippen LogP contribution in [0.3, 0.4) is 0 Å². The highest BCUT2D eigenvalue weighted by molar-refractivity contribution is 6.11. The van der Waals surface area contributed by atoms with E-state index < -0.39 is 0 Å². The largest absolute Gasteiger partial charge is 0.456 e. The van der Waals surface area contributed by atoms with Crippen molar-refractivity contribution in [1.29, 1.82) is 0 Å². The average Bonchev–Trinajstić information content (AvgIpc) is 3.88. The highest BCUT2D eigenvalue weighted by atomic mass is 16.3. The number of furan rings is 2. The summed E-state index contributed by atoms with van der Waals surface area (Å²) in [4.78, 5) is 5.31. The van der Waals surface area contributed by atoms with Crippen LogP contribution in [-0.4, -0.2) is 9.55 Å². The van der Waals surface area contributed by atoms with Crippen LogP contribution in [0, 0.1) is 0 Å². The summed E-state index contributed by atoms with van der Waals surface area (Å²) in [6.07, 6.45) is 0. The average molecular weight is 687 g/mol. The molecular formula is C49H38N2O2. The first-order valence-electron chi connectivity index (χ1n) is 18.5. The molecule has 4 nitrogen and oxygen atoms in total. The van der Waals surface area contributed by atoms with Crippen molar-refractivity contribution in [2.45, 2.75) is 39.5 Å². The van der Waals surface area contributed by atoms with Crippen molar-refractivity contribution < 1.29 is 8.83 Å². The molecule has 0 amide bonds.